The van der Waals surface area contributed by atoms with E-state index in [2.05, 4.69) is 23.0 Å². The summed E-state index contributed by atoms with van der Waals surface area (Å²) in [5, 5.41) is 3.57. The van der Waals surface area contributed by atoms with Crippen molar-refractivity contribution in [1.29, 1.82) is 0 Å². The van der Waals surface area contributed by atoms with Crippen LogP contribution in [0.1, 0.15) is 25.7 Å². The number of nitrogens with zero attached hydrogens (tertiary/aromatic N) is 1. The van der Waals surface area contributed by atoms with Crippen molar-refractivity contribution >= 4 is 6.21 Å². The van der Waals surface area contributed by atoms with Crippen molar-refractivity contribution in [3.05, 3.63) is 19.1 Å². The first-order chi connectivity index (χ1) is 5.41. The first-order valence-corrected chi connectivity index (χ1v) is 3.92. The Labute approximate surface area is 68.9 Å². The highest BCUT2D eigenvalue weighted by Crippen LogP contribution is 1.98. The van der Waals surface area contributed by atoms with Gasteiger partial charge in [0, 0.05) is 0 Å². The van der Waals surface area contributed by atoms with E-state index in [0.717, 1.165) is 12.8 Å². The third-order valence-electron chi connectivity index (χ3n) is 1.26. The Kier molecular flexibility index (Phi) is 8.55. The molecule has 0 rings (SSSR count). The maximum Gasteiger partial charge on any atom is 0.106 e. The van der Waals surface area contributed by atoms with Crippen LogP contribution in [0.4, 0.5) is 0 Å². The number of unbranched alkanes of at least 4 members (excludes halogenated alkanes) is 3. The largest absolute Gasteiger partial charge is 0.399 e. The smallest absolute Gasteiger partial charge is 0.106 e. The monoisotopic (exact) mass is 154 g/mol. The van der Waals surface area contributed by atoms with Gasteiger partial charge in [0.25, 0.3) is 0 Å². The second kappa shape index (κ2) is 9.21. The third-order valence-corrected chi connectivity index (χ3v) is 1.26. The maximum atomic E-state index is 4.48. The van der Waals surface area contributed by atoms with E-state index >= 15 is 0 Å². The van der Waals surface area contributed by atoms with Crippen LogP contribution in [-0.2, 0) is 4.84 Å². The Morgan fingerprint density at radius 2 is 2.27 bits per heavy atom. The molecule has 0 bridgehead atoms. The first-order valence-electron chi connectivity index (χ1n) is 3.92. The molecule has 0 saturated carbocycles. The Bertz CT molecular complexity index is 119. The van der Waals surface area contributed by atoms with Crippen LogP contribution in [0.2, 0.25) is 0 Å². The molecule has 0 aliphatic heterocycles. The maximum absolute atomic E-state index is 4.48. The van der Waals surface area contributed by atoms with Crippen molar-refractivity contribution in [2.75, 3.05) is 7.11 Å². The summed E-state index contributed by atoms with van der Waals surface area (Å²) in [6, 6.07) is 0. The zero-order chi connectivity index (χ0) is 8.36. The van der Waals surface area contributed by atoms with Gasteiger partial charge in [-0.05, 0) is 18.9 Å². The van der Waals surface area contributed by atoms with Gasteiger partial charge < -0.3 is 4.84 Å². The van der Waals surface area contributed by atoms with Gasteiger partial charge in [-0.15, -0.1) is 0 Å². The van der Waals surface area contributed by atoms with Crippen molar-refractivity contribution in [1.82, 2.24) is 0 Å². The summed E-state index contributed by atoms with van der Waals surface area (Å²) in [6.07, 6.45) is 10.2. The van der Waals surface area contributed by atoms with Gasteiger partial charge in [-0.1, -0.05) is 31.0 Å². The fourth-order valence-corrected chi connectivity index (χ4v) is 0.692. The van der Waals surface area contributed by atoms with E-state index in [9.17, 15) is 0 Å². The predicted molar refractivity (Wildman–Crippen MR) is 48.5 cm³/mol. The van der Waals surface area contributed by atoms with Crippen LogP contribution in [0.15, 0.2) is 17.3 Å². The van der Waals surface area contributed by atoms with Crippen LogP contribution >= 0.6 is 0 Å². The van der Waals surface area contributed by atoms with E-state index in [4.69, 9.17) is 0 Å². The summed E-state index contributed by atoms with van der Waals surface area (Å²) in [4.78, 5) is 4.48. The van der Waals surface area contributed by atoms with Gasteiger partial charge in [-0.2, -0.15) is 0 Å². The second-order valence-electron chi connectivity index (χ2n) is 2.21. The zero-order valence-corrected chi connectivity index (χ0v) is 7.12. The second-order valence-corrected chi connectivity index (χ2v) is 2.21. The lowest BCUT2D eigenvalue weighted by molar-refractivity contribution is 0.215. The van der Waals surface area contributed by atoms with Gasteiger partial charge in [0.15, 0.2) is 0 Å². The molecule has 2 nitrogen and oxygen atoms in total. The fourth-order valence-electron chi connectivity index (χ4n) is 0.692. The number of hydrogen-bond acceptors (Lipinski definition) is 2. The quantitative estimate of drug-likeness (QED) is 0.327. The Morgan fingerprint density at radius 1 is 1.45 bits per heavy atom. The number of oxime groups is 1. The highest BCUT2D eigenvalue weighted by molar-refractivity contribution is 5.70. The molecule has 0 saturated heterocycles. The summed E-state index contributed by atoms with van der Waals surface area (Å²) >= 11 is 0. The van der Waals surface area contributed by atoms with E-state index in [-0.39, 0.29) is 0 Å². The molecule has 11 heavy (non-hydrogen) atoms. The normalized spacial score (nSPS) is 11.5. The van der Waals surface area contributed by atoms with Crippen LogP contribution in [0.5, 0.6) is 0 Å². The molecular weight excluding hydrogens is 138 g/mol. The lowest BCUT2D eigenvalue weighted by Gasteiger charge is -1.89. The lowest BCUT2D eigenvalue weighted by atomic mass is 10.2. The molecule has 63 valence electrons. The minimum Gasteiger partial charge on any atom is -0.399 e. The number of hydrogen-bond donors (Lipinski definition) is 0. The van der Waals surface area contributed by atoms with Crippen LogP contribution in [0.25, 0.3) is 0 Å². The highest BCUT2D eigenvalue weighted by Gasteiger charge is 1.79. The Balaban J connectivity index is 3.09. The molecule has 0 aliphatic rings. The molecule has 0 aromatic carbocycles. The van der Waals surface area contributed by atoms with Crippen molar-refractivity contribution in [2.24, 2.45) is 5.16 Å². The van der Waals surface area contributed by atoms with Gasteiger partial charge in [0.1, 0.15) is 7.11 Å². The third kappa shape index (κ3) is 9.21. The molecule has 0 fully saturated rings. The molecule has 0 aromatic heterocycles. The molecular formula is C9H16NO. The van der Waals surface area contributed by atoms with Crippen LogP contribution in [0, 0.1) is 6.92 Å². The minimum absolute atomic E-state index is 1.03. The SMILES string of the molecule is [CH2]CCCC/C=C/C=N\OC. The van der Waals surface area contributed by atoms with Crippen molar-refractivity contribution < 1.29 is 4.84 Å². The summed E-state index contributed by atoms with van der Waals surface area (Å²) < 4.78 is 0. The molecule has 0 spiro atoms. The molecule has 1 radical (unpaired) electrons. The summed E-state index contributed by atoms with van der Waals surface area (Å²) in [7, 11) is 1.53. The molecule has 0 atom stereocenters. The highest BCUT2D eigenvalue weighted by atomic mass is 16.6. The van der Waals surface area contributed by atoms with Crippen LogP contribution < -0.4 is 0 Å². The average Bonchev–Trinajstić information content (AvgIpc) is 2.03. The van der Waals surface area contributed by atoms with Gasteiger partial charge in [-0.3, -0.25) is 0 Å². The number of allylic oxidation sites excluding steroid dienone is 2. The number of rotatable bonds is 6. The summed E-state index contributed by atoms with van der Waals surface area (Å²) in [6.45, 7) is 3.76. The van der Waals surface area contributed by atoms with Crippen molar-refractivity contribution in [3.63, 3.8) is 0 Å². The molecule has 0 unspecified atom stereocenters. The van der Waals surface area contributed by atoms with Gasteiger partial charge in [0.2, 0.25) is 0 Å². The van der Waals surface area contributed by atoms with E-state index in [1.54, 1.807) is 6.21 Å². The molecule has 0 N–H and O–H groups in total. The molecule has 0 amide bonds. The van der Waals surface area contributed by atoms with Gasteiger partial charge >= 0.3 is 0 Å². The van der Waals surface area contributed by atoms with E-state index < -0.39 is 0 Å². The zero-order valence-electron chi connectivity index (χ0n) is 7.12. The Morgan fingerprint density at radius 3 is 2.91 bits per heavy atom. The average molecular weight is 154 g/mol. The Hall–Kier alpha value is -0.790. The fraction of sp³-hybridized carbons (Fsp3) is 0.556. The predicted octanol–water partition coefficient (Wildman–Crippen LogP) is 2.57. The summed E-state index contributed by atoms with van der Waals surface area (Å²) in [5.74, 6) is 0. The van der Waals surface area contributed by atoms with E-state index in [1.807, 2.05) is 6.08 Å². The van der Waals surface area contributed by atoms with Gasteiger partial charge in [-0.25, -0.2) is 0 Å². The standard InChI is InChI=1S/C9H16NO/c1-3-4-5-6-7-8-9-10-11-2/h7-9H,1,3-6H2,2H3/b8-7+,10-9-. The molecule has 0 aliphatic carbocycles. The lowest BCUT2D eigenvalue weighted by Crippen LogP contribution is -1.72. The first kappa shape index (κ1) is 10.2. The molecule has 0 heterocycles. The van der Waals surface area contributed by atoms with Gasteiger partial charge in [0.05, 0.1) is 6.21 Å². The molecule has 2 heteroatoms. The van der Waals surface area contributed by atoms with Crippen LogP contribution in [-0.4, -0.2) is 13.3 Å². The minimum atomic E-state index is 1.03. The topological polar surface area (TPSA) is 21.6 Å². The van der Waals surface area contributed by atoms with E-state index in [1.165, 1.54) is 20.0 Å². The van der Waals surface area contributed by atoms with Crippen molar-refractivity contribution in [3.8, 4) is 0 Å². The van der Waals surface area contributed by atoms with Crippen molar-refractivity contribution in [2.45, 2.75) is 25.7 Å². The van der Waals surface area contributed by atoms with Crippen LogP contribution in [0.3, 0.4) is 0 Å². The summed E-state index contributed by atoms with van der Waals surface area (Å²) in [5.41, 5.74) is 0. The molecule has 0 aromatic rings. The van der Waals surface area contributed by atoms with E-state index in [0.29, 0.717) is 0 Å².